The van der Waals surface area contributed by atoms with Crippen molar-refractivity contribution in [2.24, 2.45) is 0 Å². The molecule has 0 aliphatic carbocycles. The molecule has 152 valence electrons. The zero-order valence-corrected chi connectivity index (χ0v) is 17.3. The predicted octanol–water partition coefficient (Wildman–Crippen LogP) is 3.41. The Morgan fingerprint density at radius 3 is 2.72 bits per heavy atom. The minimum absolute atomic E-state index is 0.0531. The Hall–Kier alpha value is -2.84. The molecule has 0 unspecified atom stereocenters. The maximum absolute atomic E-state index is 11.5. The number of hydrogen-bond acceptors (Lipinski definition) is 8. The lowest BCUT2D eigenvalue weighted by atomic mass is 10.1. The number of carbonyl (C=O) groups is 1. The molecule has 8 heteroatoms. The lowest BCUT2D eigenvalue weighted by Gasteiger charge is -2.15. The summed E-state index contributed by atoms with van der Waals surface area (Å²) >= 11 is 1.36. The fourth-order valence-electron chi connectivity index (χ4n) is 2.72. The van der Waals surface area contributed by atoms with Crippen LogP contribution in [0.1, 0.15) is 17.3 Å². The third-order valence-corrected chi connectivity index (χ3v) is 5.22. The first-order valence-electron chi connectivity index (χ1n) is 9.09. The van der Waals surface area contributed by atoms with Gasteiger partial charge in [0.2, 0.25) is 0 Å². The predicted molar refractivity (Wildman–Crippen MR) is 114 cm³/mol. The molecule has 0 radical (unpaired) electrons. The summed E-state index contributed by atoms with van der Waals surface area (Å²) in [5, 5.41) is 14.9. The van der Waals surface area contributed by atoms with Gasteiger partial charge in [0.05, 0.1) is 18.7 Å². The fraction of sp³-hybridized carbons (Fsp3) is 0.286. The minimum atomic E-state index is -0.731. The number of rotatable bonds is 9. The fourth-order valence-corrected chi connectivity index (χ4v) is 3.48. The number of aromatic nitrogens is 2. The standard InChI is InChI=1S/C21H23N3O4S/c1-13(25)14-8-9-18(19(10-14)27-3)28-11-15(26)12-29-21-23-17-7-5-4-6-16(17)20(22-2)24-21/h4-10,15,26H,11-12H2,1-3H3,(H,22,23,24)/t15-/m0/s1. The number of fused-ring (bicyclic) bond motifs is 1. The van der Waals surface area contributed by atoms with Gasteiger partial charge in [-0.2, -0.15) is 0 Å². The van der Waals surface area contributed by atoms with Crippen LogP contribution in [0.5, 0.6) is 11.5 Å². The molecular formula is C21H23N3O4S. The monoisotopic (exact) mass is 413 g/mol. The van der Waals surface area contributed by atoms with E-state index in [9.17, 15) is 9.90 Å². The number of carbonyl (C=O) groups excluding carboxylic acids is 1. The first-order chi connectivity index (χ1) is 14.0. The van der Waals surface area contributed by atoms with E-state index < -0.39 is 6.10 Å². The number of para-hydroxylation sites is 1. The topological polar surface area (TPSA) is 93.6 Å². The summed E-state index contributed by atoms with van der Waals surface area (Å²) in [6.07, 6.45) is -0.731. The first kappa shape index (κ1) is 20.9. The van der Waals surface area contributed by atoms with Crippen molar-refractivity contribution in [3.05, 3.63) is 48.0 Å². The molecule has 3 aromatic rings. The Balaban J connectivity index is 1.61. The number of aliphatic hydroxyl groups excluding tert-OH is 1. The quantitative estimate of drug-likeness (QED) is 0.313. The van der Waals surface area contributed by atoms with Crippen LogP contribution in [0.4, 0.5) is 5.82 Å². The number of Topliss-reactive ketones (excluding diaryl/α,β-unsaturated/α-hetero) is 1. The van der Waals surface area contributed by atoms with Crippen LogP contribution in [0.2, 0.25) is 0 Å². The summed E-state index contributed by atoms with van der Waals surface area (Å²) in [6.45, 7) is 1.57. The number of methoxy groups -OCH3 is 1. The number of aliphatic hydroxyl groups is 1. The highest BCUT2D eigenvalue weighted by molar-refractivity contribution is 7.99. The molecule has 3 rings (SSSR count). The molecule has 2 N–H and O–H groups in total. The molecule has 1 atom stereocenters. The highest BCUT2D eigenvalue weighted by atomic mass is 32.2. The molecule has 29 heavy (non-hydrogen) atoms. The molecule has 0 aliphatic heterocycles. The van der Waals surface area contributed by atoms with Crippen molar-refractivity contribution in [1.29, 1.82) is 0 Å². The van der Waals surface area contributed by atoms with Crippen molar-refractivity contribution in [3.8, 4) is 11.5 Å². The number of nitrogens with zero attached hydrogens (tertiary/aromatic N) is 2. The Kier molecular flexibility index (Phi) is 6.90. The largest absolute Gasteiger partial charge is 0.493 e. The smallest absolute Gasteiger partial charge is 0.190 e. The normalized spacial score (nSPS) is 11.9. The summed E-state index contributed by atoms with van der Waals surface area (Å²) in [7, 11) is 3.32. The number of hydrogen-bond donors (Lipinski definition) is 2. The van der Waals surface area contributed by atoms with Crippen LogP contribution >= 0.6 is 11.8 Å². The van der Waals surface area contributed by atoms with Gasteiger partial charge in [-0.3, -0.25) is 4.79 Å². The maximum atomic E-state index is 11.5. The second-order valence-electron chi connectivity index (χ2n) is 6.32. The Labute approximate surface area is 173 Å². The average Bonchev–Trinajstić information content (AvgIpc) is 2.75. The van der Waals surface area contributed by atoms with Gasteiger partial charge >= 0.3 is 0 Å². The lowest BCUT2D eigenvalue weighted by Crippen LogP contribution is -2.20. The van der Waals surface area contributed by atoms with E-state index in [4.69, 9.17) is 9.47 Å². The highest BCUT2D eigenvalue weighted by Crippen LogP contribution is 2.29. The SMILES string of the molecule is CNc1nc(SC[C@@H](O)COc2ccc(C(C)=O)cc2OC)nc2ccccc12. The summed E-state index contributed by atoms with van der Waals surface area (Å²) < 4.78 is 10.9. The second-order valence-corrected chi connectivity index (χ2v) is 7.31. The zero-order chi connectivity index (χ0) is 20.8. The van der Waals surface area contributed by atoms with E-state index in [-0.39, 0.29) is 12.4 Å². The van der Waals surface area contributed by atoms with Crippen LogP contribution in [-0.4, -0.2) is 53.5 Å². The van der Waals surface area contributed by atoms with E-state index in [2.05, 4.69) is 15.3 Å². The van der Waals surface area contributed by atoms with Crippen molar-refractivity contribution in [2.75, 3.05) is 31.8 Å². The van der Waals surface area contributed by atoms with Gasteiger partial charge in [0.25, 0.3) is 0 Å². The summed E-state index contributed by atoms with van der Waals surface area (Å²) in [5.74, 6) is 1.99. The maximum Gasteiger partial charge on any atom is 0.190 e. The molecule has 2 aromatic carbocycles. The molecule has 0 amide bonds. The van der Waals surface area contributed by atoms with Crippen LogP contribution in [-0.2, 0) is 0 Å². The van der Waals surface area contributed by atoms with Gasteiger partial charge < -0.3 is 19.9 Å². The van der Waals surface area contributed by atoms with E-state index in [1.165, 1.54) is 25.8 Å². The molecular weight excluding hydrogens is 390 g/mol. The van der Waals surface area contributed by atoms with Crippen LogP contribution in [0.3, 0.4) is 0 Å². The number of ether oxygens (including phenoxy) is 2. The Bertz CT molecular complexity index is 1010. The van der Waals surface area contributed by atoms with Crippen molar-refractivity contribution >= 4 is 34.3 Å². The summed E-state index contributed by atoms with van der Waals surface area (Å²) in [5.41, 5.74) is 1.38. The van der Waals surface area contributed by atoms with Crippen LogP contribution in [0.25, 0.3) is 10.9 Å². The van der Waals surface area contributed by atoms with E-state index in [1.54, 1.807) is 18.2 Å². The van der Waals surface area contributed by atoms with Crippen molar-refractivity contribution < 1.29 is 19.4 Å². The molecule has 0 fully saturated rings. The number of anilines is 1. The molecule has 0 bridgehead atoms. The van der Waals surface area contributed by atoms with Gasteiger partial charge in [-0.15, -0.1) is 0 Å². The van der Waals surface area contributed by atoms with Crippen molar-refractivity contribution in [3.63, 3.8) is 0 Å². The molecule has 7 nitrogen and oxygen atoms in total. The highest BCUT2D eigenvalue weighted by Gasteiger charge is 2.13. The van der Waals surface area contributed by atoms with E-state index in [0.717, 1.165) is 16.7 Å². The summed E-state index contributed by atoms with van der Waals surface area (Å²) in [6, 6.07) is 12.7. The van der Waals surface area contributed by atoms with Gasteiger partial charge in [-0.1, -0.05) is 23.9 Å². The van der Waals surface area contributed by atoms with Gasteiger partial charge in [0.15, 0.2) is 22.4 Å². The zero-order valence-electron chi connectivity index (χ0n) is 16.5. The van der Waals surface area contributed by atoms with Gasteiger partial charge in [-0.25, -0.2) is 9.97 Å². The molecule has 0 saturated heterocycles. The number of thioether (sulfide) groups is 1. The number of ketones is 1. The van der Waals surface area contributed by atoms with Crippen LogP contribution in [0.15, 0.2) is 47.6 Å². The molecule has 1 aromatic heterocycles. The molecule has 0 saturated carbocycles. The third-order valence-electron chi connectivity index (χ3n) is 4.23. The first-order valence-corrected chi connectivity index (χ1v) is 10.1. The van der Waals surface area contributed by atoms with Crippen LogP contribution < -0.4 is 14.8 Å². The second kappa shape index (κ2) is 9.58. The molecule has 1 heterocycles. The number of benzene rings is 2. The van der Waals surface area contributed by atoms with E-state index in [1.807, 2.05) is 31.3 Å². The van der Waals surface area contributed by atoms with E-state index in [0.29, 0.717) is 28.0 Å². The summed E-state index contributed by atoms with van der Waals surface area (Å²) in [4.78, 5) is 20.5. The van der Waals surface area contributed by atoms with Crippen molar-refractivity contribution in [1.82, 2.24) is 9.97 Å². The molecule has 0 spiro atoms. The Morgan fingerprint density at radius 1 is 1.21 bits per heavy atom. The van der Waals surface area contributed by atoms with Gasteiger partial charge in [-0.05, 0) is 37.3 Å². The van der Waals surface area contributed by atoms with Gasteiger partial charge in [0, 0.05) is 23.8 Å². The van der Waals surface area contributed by atoms with Gasteiger partial charge in [0.1, 0.15) is 12.4 Å². The molecule has 0 aliphatic rings. The average molecular weight is 413 g/mol. The minimum Gasteiger partial charge on any atom is -0.493 e. The Morgan fingerprint density at radius 2 is 2.00 bits per heavy atom. The third kappa shape index (κ3) is 5.16. The lowest BCUT2D eigenvalue weighted by molar-refractivity contribution is 0.101. The van der Waals surface area contributed by atoms with Crippen molar-refractivity contribution in [2.45, 2.75) is 18.2 Å². The number of nitrogens with one attached hydrogen (secondary N) is 1. The van der Waals surface area contributed by atoms with E-state index >= 15 is 0 Å². The van der Waals surface area contributed by atoms with Crippen LogP contribution in [0, 0.1) is 0 Å².